The van der Waals surface area contributed by atoms with Crippen LogP contribution in [0.2, 0.25) is 0 Å². The van der Waals surface area contributed by atoms with Crippen molar-refractivity contribution in [2.24, 2.45) is 0 Å². The molecule has 0 radical (unpaired) electrons. The molecule has 6 heteroatoms. The number of nitrogens with zero attached hydrogens (tertiary/aromatic N) is 1. The molecule has 0 atom stereocenters. The summed E-state index contributed by atoms with van der Waals surface area (Å²) >= 11 is 0. The average Bonchev–Trinajstić information content (AvgIpc) is 2.97. The average molecular weight is 283 g/mol. The van der Waals surface area contributed by atoms with Crippen LogP contribution in [0.5, 0.6) is 5.75 Å². The third-order valence-electron chi connectivity index (χ3n) is 2.99. The molecule has 106 valence electrons. The molecule has 1 heterocycles. The smallest absolute Gasteiger partial charge is 0.281 e. The molecule has 1 aromatic heterocycles. The van der Waals surface area contributed by atoms with Crippen LogP contribution in [0.25, 0.3) is 22.4 Å². The lowest BCUT2D eigenvalue weighted by Crippen LogP contribution is -2.25. The number of fused-ring (bicyclic) bond motifs is 1. The number of ether oxygens (including phenoxy) is 1. The summed E-state index contributed by atoms with van der Waals surface area (Å²) in [7, 11) is 0. The van der Waals surface area contributed by atoms with Gasteiger partial charge in [0.05, 0.1) is 11.0 Å². The van der Waals surface area contributed by atoms with Gasteiger partial charge in [0.2, 0.25) is 0 Å². The van der Waals surface area contributed by atoms with Crippen LogP contribution in [0.4, 0.5) is 0 Å². The first-order valence-electron chi connectivity index (χ1n) is 6.37. The third-order valence-corrected chi connectivity index (χ3v) is 2.99. The molecule has 0 aliphatic rings. The van der Waals surface area contributed by atoms with Gasteiger partial charge in [-0.2, -0.15) is 0 Å². The Bertz CT molecular complexity index is 749. The zero-order chi connectivity index (χ0) is 14.7. The number of benzene rings is 2. The molecule has 0 unspecified atom stereocenters. The molecule has 0 aliphatic carbocycles. The van der Waals surface area contributed by atoms with E-state index in [0.717, 1.165) is 22.4 Å². The molecule has 3 rings (SSSR count). The second-order valence-electron chi connectivity index (χ2n) is 4.45. The minimum absolute atomic E-state index is 0.250. The number of hydrogen-bond donors (Lipinski definition) is 3. The number of amides is 1. The number of nitrogens with one attached hydrogen (secondary N) is 2. The van der Waals surface area contributed by atoms with Crippen molar-refractivity contribution in [3.05, 3.63) is 48.5 Å². The van der Waals surface area contributed by atoms with Crippen molar-refractivity contribution in [3.63, 3.8) is 0 Å². The summed E-state index contributed by atoms with van der Waals surface area (Å²) in [5.41, 5.74) is 4.22. The van der Waals surface area contributed by atoms with Crippen LogP contribution in [0.1, 0.15) is 0 Å². The molecule has 0 bridgehead atoms. The highest BCUT2D eigenvalue weighted by Crippen LogP contribution is 2.23. The van der Waals surface area contributed by atoms with Crippen molar-refractivity contribution < 1.29 is 14.7 Å². The number of H-pyrrole nitrogens is 1. The summed E-state index contributed by atoms with van der Waals surface area (Å²) in [6.07, 6.45) is 0. The lowest BCUT2D eigenvalue weighted by molar-refractivity contribution is -0.131. The topological polar surface area (TPSA) is 87.2 Å². The summed E-state index contributed by atoms with van der Waals surface area (Å²) in [6.45, 7) is -0.250. The predicted octanol–water partition coefficient (Wildman–Crippen LogP) is 2.11. The van der Waals surface area contributed by atoms with E-state index in [9.17, 15) is 4.79 Å². The number of carbonyl (C=O) groups is 1. The molecule has 2 aromatic carbocycles. The summed E-state index contributed by atoms with van der Waals surface area (Å²) in [4.78, 5) is 18.7. The first kappa shape index (κ1) is 13.1. The molecule has 0 saturated heterocycles. The van der Waals surface area contributed by atoms with Crippen LogP contribution < -0.4 is 10.2 Å². The minimum atomic E-state index is -0.607. The Labute approximate surface area is 120 Å². The first-order valence-corrected chi connectivity index (χ1v) is 6.37. The Kier molecular flexibility index (Phi) is 3.53. The SMILES string of the molecule is O=C(COc1cccc(-c2nc3ccccc3[nH]2)c1)NO. The van der Waals surface area contributed by atoms with Crippen molar-refractivity contribution in [2.75, 3.05) is 6.61 Å². The fourth-order valence-corrected chi connectivity index (χ4v) is 2.00. The van der Waals surface area contributed by atoms with Gasteiger partial charge in [-0.05, 0) is 24.3 Å². The standard InChI is InChI=1S/C15H13N3O3/c19-14(18-20)9-21-11-5-3-4-10(8-11)15-16-12-6-1-2-7-13(12)17-15/h1-8,20H,9H2,(H,16,17)(H,18,19). The van der Waals surface area contributed by atoms with Crippen molar-refractivity contribution in [2.45, 2.75) is 0 Å². The molecule has 21 heavy (non-hydrogen) atoms. The van der Waals surface area contributed by atoms with Gasteiger partial charge in [0.15, 0.2) is 6.61 Å². The number of hydrogen-bond acceptors (Lipinski definition) is 4. The van der Waals surface area contributed by atoms with E-state index in [2.05, 4.69) is 9.97 Å². The maximum Gasteiger partial charge on any atom is 0.281 e. The highest BCUT2D eigenvalue weighted by atomic mass is 16.5. The van der Waals surface area contributed by atoms with Gasteiger partial charge in [0.1, 0.15) is 11.6 Å². The monoisotopic (exact) mass is 283 g/mol. The van der Waals surface area contributed by atoms with Gasteiger partial charge < -0.3 is 9.72 Å². The predicted molar refractivity (Wildman–Crippen MR) is 77.0 cm³/mol. The molecular formula is C15H13N3O3. The fourth-order valence-electron chi connectivity index (χ4n) is 2.00. The van der Waals surface area contributed by atoms with Crippen LogP contribution in [0.15, 0.2) is 48.5 Å². The highest BCUT2D eigenvalue weighted by Gasteiger charge is 2.07. The summed E-state index contributed by atoms with van der Waals surface area (Å²) in [6, 6.07) is 15.0. The van der Waals surface area contributed by atoms with Crippen LogP contribution in [0.3, 0.4) is 0 Å². The van der Waals surface area contributed by atoms with E-state index >= 15 is 0 Å². The Balaban J connectivity index is 1.86. The normalized spacial score (nSPS) is 10.5. The summed E-state index contributed by atoms with van der Waals surface area (Å²) < 4.78 is 5.28. The molecule has 0 saturated carbocycles. The van der Waals surface area contributed by atoms with E-state index in [1.807, 2.05) is 36.4 Å². The van der Waals surface area contributed by atoms with Crippen molar-refractivity contribution in [1.82, 2.24) is 15.4 Å². The molecule has 0 fully saturated rings. The summed E-state index contributed by atoms with van der Waals surface area (Å²) in [5, 5.41) is 8.43. The molecular weight excluding hydrogens is 270 g/mol. The third kappa shape index (κ3) is 2.85. The number of imidazole rings is 1. The molecule has 0 spiro atoms. The molecule has 3 N–H and O–H groups in total. The van der Waals surface area contributed by atoms with Crippen molar-refractivity contribution in [3.8, 4) is 17.1 Å². The van der Waals surface area contributed by atoms with Gasteiger partial charge in [0.25, 0.3) is 5.91 Å². The second kappa shape index (κ2) is 5.64. The number of rotatable bonds is 4. The van der Waals surface area contributed by atoms with Gasteiger partial charge in [-0.15, -0.1) is 0 Å². The maximum absolute atomic E-state index is 11.0. The highest BCUT2D eigenvalue weighted by molar-refractivity contribution is 5.79. The maximum atomic E-state index is 11.0. The largest absolute Gasteiger partial charge is 0.484 e. The van der Waals surface area contributed by atoms with Crippen molar-refractivity contribution >= 4 is 16.9 Å². The van der Waals surface area contributed by atoms with Gasteiger partial charge >= 0.3 is 0 Å². The van der Waals surface area contributed by atoms with E-state index < -0.39 is 5.91 Å². The van der Waals surface area contributed by atoms with E-state index in [1.54, 1.807) is 12.1 Å². The molecule has 0 aliphatic heterocycles. The molecule has 6 nitrogen and oxygen atoms in total. The quantitative estimate of drug-likeness (QED) is 0.505. The number of para-hydroxylation sites is 2. The van der Waals surface area contributed by atoms with Gasteiger partial charge in [-0.1, -0.05) is 24.3 Å². The number of aromatic amines is 1. The second-order valence-corrected chi connectivity index (χ2v) is 4.45. The summed E-state index contributed by atoms with van der Waals surface area (Å²) in [5.74, 6) is 0.647. The molecule has 1 amide bonds. The van der Waals surface area contributed by atoms with E-state index in [1.165, 1.54) is 5.48 Å². The van der Waals surface area contributed by atoms with Crippen LogP contribution >= 0.6 is 0 Å². The Morgan fingerprint density at radius 1 is 1.24 bits per heavy atom. The lowest BCUT2D eigenvalue weighted by Gasteiger charge is -2.05. The Morgan fingerprint density at radius 3 is 2.90 bits per heavy atom. The zero-order valence-electron chi connectivity index (χ0n) is 11.0. The Morgan fingerprint density at radius 2 is 2.10 bits per heavy atom. The van der Waals surface area contributed by atoms with E-state index in [0.29, 0.717) is 5.75 Å². The lowest BCUT2D eigenvalue weighted by atomic mass is 10.2. The fraction of sp³-hybridized carbons (Fsp3) is 0.0667. The Hall–Kier alpha value is -2.86. The van der Waals surface area contributed by atoms with Crippen LogP contribution in [0, 0.1) is 0 Å². The molecule has 3 aromatic rings. The van der Waals surface area contributed by atoms with E-state index in [-0.39, 0.29) is 6.61 Å². The van der Waals surface area contributed by atoms with Crippen LogP contribution in [-0.2, 0) is 4.79 Å². The van der Waals surface area contributed by atoms with Gasteiger partial charge in [-0.3, -0.25) is 10.0 Å². The number of carbonyl (C=O) groups excluding carboxylic acids is 1. The first-order chi connectivity index (χ1) is 10.3. The van der Waals surface area contributed by atoms with E-state index in [4.69, 9.17) is 9.94 Å². The van der Waals surface area contributed by atoms with Crippen LogP contribution in [-0.4, -0.2) is 27.7 Å². The minimum Gasteiger partial charge on any atom is -0.484 e. The number of hydroxylamine groups is 1. The van der Waals surface area contributed by atoms with Gasteiger partial charge in [0, 0.05) is 5.56 Å². The number of aromatic nitrogens is 2. The zero-order valence-corrected chi connectivity index (χ0v) is 11.0. The van der Waals surface area contributed by atoms with Gasteiger partial charge in [-0.25, -0.2) is 10.5 Å². The van der Waals surface area contributed by atoms with Crippen molar-refractivity contribution in [1.29, 1.82) is 0 Å².